The van der Waals surface area contributed by atoms with Gasteiger partial charge in [-0.05, 0) is 63.7 Å². The van der Waals surface area contributed by atoms with Gasteiger partial charge in [-0.25, -0.2) is 4.98 Å². The highest BCUT2D eigenvalue weighted by atomic mass is 16.5. The first-order valence-corrected chi connectivity index (χ1v) is 12.6. The predicted molar refractivity (Wildman–Crippen MR) is 148 cm³/mol. The Morgan fingerprint density at radius 2 is 1.53 bits per heavy atom. The lowest BCUT2D eigenvalue weighted by atomic mass is 9.87. The van der Waals surface area contributed by atoms with Crippen molar-refractivity contribution in [3.8, 4) is 11.5 Å². The van der Waals surface area contributed by atoms with E-state index in [1.165, 1.54) is 21.9 Å². The summed E-state index contributed by atoms with van der Waals surface area (Å²) in [6.07, 6.45) is 0. The Labute approximate surface area is 213 Å². The summed E-state index contributed by atoms with van der Waals surface area (Å²) >= 11 is 0. The summed E-state index contributed by atoms with van der Waals surface area (Å²) in [4.78, 5) is 5.05. The quantitative estimate of drug-likeness (QED) is 0.240. The Bertz CT molecular complexity index is 1490. The number of rotatable bonds is 7. The van der Waals surface area contributed by atoms with Gasteiger partial charge in [-0.2, -0.15) is 0 Å². The van der Waals surface area contributed by atoms with Crippen molar-refractivity contribution in [2.45, 2.75) is 45.6 Å². The average molecular weight is 479 g/mol. The molecule has 4 aromatic carbocycles. The minimum absolute atomic E-state index is 0.133. The van der Waals surface area contributed by atoms with Gasteiger partial charge in [0.2, 0.25) is 0 Å². The number of ether oxygens (including phenoxy) is 2. The van der Waals surface area contributed by atoms with Crippen LogP contribution in [0.1, 0.15) is 50.6 Å². The largest absolute Gasteiger partial charge is 0.497 e. The zero-order chi connectivity index (χ0) is 25.3. The van der Waals surface area contributed by atoms with Crippen LogP contribution in [0.2, 0.25) is 0 Å². The minimum Gasteiger partial charge on any atom is -0.497 e. The smallest absolute Gasteiger partial charge is 0.119 e. The van der Waals surface area contributed by atoms with Gasteiger partial charge in [0.25, 0.3) is 0 Å². The van der Waals surface area contributed by atoms with Crippen LogP contribution in [0.4, 0.5) is 0 Å². The summed E-state index contributed by atoms with van der Waals surface area (Å²) in [5.74, 6) is 2.95. The van der Waals surface area contributed by atoms with E-state index in [0.717, 1.165) is 34.9 Å². The first kappa shape index (κ1) is 23.9. The standard InChI is InChI=1S/C32H34N2O2/c1-22(23-10-11-25-21-28(35-5)15-12-24(25)20-23)31-33-29-8-6-7-9-30(29)34(31)18-19-36-27-16-13-26(14-17-27)32(2,3)4/h6-17,20-22H,18-19H2,1-5H3. The average Bonchev–Trinajstić information content (AvgIpc) is 3.26. The molecule has 0 aliphatic carbocycles. The highest BCUT2D eigenvalue weighted by molar-refractivity contribution is 5.85. The molecule has 0 saturated heterocycles. The molecule has 4 heteroatoms. The van der Waals surface area contributed by atoms with Gasteiger partial charge >= 0.3 is 0 Å². The predicted octanol–water partition coefficient (Wildman–Crippen LogP) is 7.73. The SMILES string of the molecule is COc1ccc2cc(C(C)c3nc4ccccc4n3CCOc3ccc(C(C)(C)C)cc3)ccc2c1. The molecule has 5 aromatic rings. The van der Waals surface area contributed by atoms with E-state index in [2.05, 4.69) is 105 Å². The van der Waals surface area contributed by atoms with E-state index in [0.29, 0.717) is 6.61 Å². The number of nitrogens with zero attached hydrogens (tertiary/aromatic N) is 2. The number of aromatic nitrogens is 2. The number of hydrogen-bond donors (Lipinski definition) is 0. The zero-order valence-electron chi connectivity index (χ0n) is 21.8. The van der Waals surface area contributed by atoms with Crippen LogP contribution < -0.4 is 9.47 Å². The molecule has 184 valence electrons. The normalized spacial score (nSPS) is 12.7. The fraction of sp³-hybridized carbons (Fsp3) is 0.281. The lowest BCUT2D eigenvalue weighted by Gasteiger charge is -2.19. The lowest BCUT2D eigenvalue weighted by molar-refractivity contribution is 0.297. The Morgan fingerprint density at radius 1 is 0.833 bits per heavy atom. The first-order valence-electron chi connectivity index (χ1n) is 12.6. The number of imidazole rings is 1. The molecule has 36 heavy (non-hydrogen) atoms. The van der Waals surface area contributed by atoms with Crippen molar-refractivity contribution in [2.75, 3.05) is 13.7 Å². The maximum atomic E-state index is 6.16. The highest BCUT2D eigenvalue weighted by Crippen LogP contribution is 2.31. The molecule has 1 unspecified atom stereocenters. The molecule has 0 N–H and O–H groups in total. The number of fused-ring (bicyclic) bond motifs is 2. The summed E-state index contributed by atoms with van der Waals surface area (Å²) in [6, 6.07) is 29.6. The molecule has 1 heterocycles. The van der Waals surface area contributed by atoms with E-state index in [4.69, 9.17) is 14.5 Å². The topological polar surface area (TPSA) is 36.3 Å². The molecule has 0 fully saturated rings. The van der Waals surface area contributed by atoms with Crippen LogP contribution in [0.3, 0.4) is 0 Å². The van der Waals surface area contributed by atoms with Gasteiger partial charge in [0.15, 0.2) is 0 Å². The summed E-state index contributed by atoms with van der Waals surface area (Å²) in [5.41, 5.74) is 4.83. The van der Waals surface area contributed by atoms with Crippen molar-refractivity contribution in [3.05, 3.63) is 102 Å². The molecule has 1 aromatic heterocycles. The van der Waals surface area contributed by atoms with Crippen LogP contribution >= 0.6 is 0 Å². The molecule has 5 rings (SSSR count). The minimum atomic E-state index is 0.133. The second-order valence-corrected chi connectivity index (χ2v) is 10.4. The lowest BCUT2D eigenvalue weighted by Crippen LogP contribution is -2.14. The van der Waals surface area contributed by atoms with Gasteiger partial charge in [-0.3, -0.25) is 0 Å². The van der Waals surface area contributed by atoms with E-state index < -0.39 is 0 Å². The van der Waals surface area contributed by atoms with Gasteiger partial charge in [0.05, 0.1) is 24.7 Å². The van der Waals surface area contributed by atoms with Crippen LogP contribution in [0.15, 0.2) is 84.9 Å². The monoisotopic (exact) mass is 478 g/mol. The molecule has 0 aliphatic heterocycles. The Morgan fingerprint density at radius 3 is 2.28 bits per heavy atom. The Hall–Kier alpha value is -3.79. The van der Waals surface area contributed by atoms with E-state index in [1.807, 2.05) is 12.1 Å². The molecule has 0 amide bonds. The highest BCUT2D eigenvalue weighted by Gasteiger charge is 2.19. The van der Waals surface area contributed by atoms with Gasteiger partial charge in [0, 0.05) is 5.92 Å². The first-order chi connectivity index (χ1) is 17.3. The van der Waals surface area contributed by atoms with Gasteiger partial charge in [-0.15, -0.1) is 0 Å². The van der Waals surface area contributed by atoms with Crippen LogP contribution in [0, 0.1) is 0 Å². The van der Waals surface area contributed by atoms with Crippen molar-refractivity contribution in [1.29, 1.82) is 0 Å². The maximum absolute atomic E-state index is 6.16. The number of para-hydroxylation sites is 2. The third kappa shape index (κ3) is 4.81. The van der Waals surface area contributed by atoms with Crippen molar-refractivity contribution >= 4 is 21.8 Å². The summed E-state index contributed by atoms with van der Waals surface area (Å²) in [5, 5.41) is 2.37. The summed E-state index contributed by atoms with van der Waals surface area (Å²) in [6.45, 7) is 10.2. The van der Waals surface area contributed by atoms with E-state index in [-0.39, 0.29) is 11.3 Å². The van der Waals surface area contributed by atoms with Gasteiger partial charge in [-0.1, -0.05) is 76.2 Å². The third-order valence-corrected chi connectivity index (χ3v) is 6.95. The molecule has 0 aliphatic rings. The number of methoxy groups -OCH3 is 1. The number of benzene rings is 4. The Kier molecular flexibility index (Phi) is 6.44. The third-order valence-electron chi connectivity index (χ3n) is 6.95. The molecule has 0 radical (unpaired) electrons. The van der Waals surface area contributed by atoms with Crippen LogP contribution in [-0.4, -0.2) is 23.3 Å². The van der Waals surface area contributed by atoms with Crippen molar-refractivity contribution in [2.24, 2.45) is 0 Å². The van der Waals surface area contributed by atoms with Gasteiger partial charge in [0.1, 0.15) is 23.9 Å². The fourth-order valence-electron chi connectivity index (χ4n) is 4.75. The second-order valence-electron chi connectivity index (χ2n) is 10.4. The van der Waals surface area contributed by atoms with E-state index in [1.54, 1.807) is 7.11 Å². The maximum Gasteiger partial charge on any atom is 0.119 e. The molecule has 1 atom stereocenters. The second kappa shape index (κ2) is 9.69. The van der Waals surface area contributed by atoms with E-state index in [9.17, 15) is 0 Å². The van der Waals surface area contributed by atoms with Crippen LogP contribution in [0.25, 0.3) is 21.8 Å². The zero-order valence-corrected chi connectivity index (χ0v) is 21.8. The van der Waals surface area contributed by atoms with Crippen molar-refractivity contribution < 1.29 is 9.47 Å². The molecule has 0 bridgehead atoms. The molecular formula is C32H34N2O2. The summed E-state index contributed by atoms with van der Waals surface area (Å²) < 4.78 is 13.8. The van der Waals surface area contributed by atoms with E-state index >= 15 is 0 Å². The number of hydrogen-bond acceptors (Lipinski definition) is 3. The molecule has 4 nitrogen and oxygen atoms in total. The van der Waals surface area contributed by atoms with Crippen LogP contribution in [0.5, 0.6) is 11.5 Å². The summed E-state index contributed by atoms with van der Waals surface area (Å²) in [7, 11) is 1.70. The molecular weight excluding hydrogens is 444 g/mol. The van der Waals surface area contributed by atoms with Crippen LogP contribution in [-0.2, 0) is 12.0 Å². The van der Waals surface area contributed by atoms with Crippen molar-refractivity contribution in [3.63, 3.8) is 0 Å². The molecule has 0 saturated carbocycles. The van der Waals surface area contributed by atoms with Crippen molar-refractivity contribution in [1.82, 2.24) is 9.55 Å². The Balaban J connectivity index is 1.40. The molecule has 0 spiro atoms. The fourth-order valence-corrected chi connectivity index (χ4v) is 4.75. The van der Waals surface area contributed by atoms with Gasteiger partial charge < -0.3 is 14.0 Å².